The molecular formula is C24H25BrN2O4S. The number of benzene rings is 3. The minimum absolute atomic E-state index is 0.0776. The van der Waals surface area contributed by atoms with Crippen LogP contribution in [0.5, 0.6) is 5.75 Å². The van der Waals surface area contributed by atoms with E-state index in [2.05, 4.69) is 21.2 Å². The first kappa shape index (κ1) is 23.8. The maximum Gasteiger partial charge on any atom is 0.264 e. The number of sulfonamides is 1. The standard InChI is InChI=1S/C24H25BrN2O4S/c1-4-31-21-10-12-22(13-11-21)32(29,30)27(20-8-5-17(2)6-9-20)16-24(28)26-19-7-14-23(25)18(3)15-19/h5-15H,4,16H2,1-3H3,(H,26,28). The van der Waals surface area contributed by atoms with Crippen LogP contribution in [0, 0.1) is 13.8 Å². The Kier molecular flexibility index (Phi) is 7.58. The Bertz CT molecular complexity index is 1190. The molecule has 0 aliphatic rings. The van der Waals surface area contributed by atoms with E-state index in [0.717, 1.165) is 19.9 Å². The molecule has 3 aromatic rings. The fraction of sp³-hybridized carbons (Fsp3) is 0.208. The first-order chi connectivity index (χ1) is 15.2. The molecule has 0 fully saturated rings. The predicted octanol–water partition coefficient (Wildman–Crippen LogP) is 5.30. The third-order valence-corrected chi connectivity index (χ3v) is 7.45. The smallest absolute Gasteiger partial charge is 0.264 e. The average molecular weight is 517 g/mol. The number of nitrogens with zero attached hydrogens (tertiary/aromatic N) is 1. The molecule has 0 radical (unpaired) electrons. The molecule has 0 atom stereocenters. The third-order valence-electron chi connectivity index (χ3n) is 4.77. The van der Waals surface area contributed by atoms with E-state index in [1.165, 1.54) is 12.1 Å². The lowest BCUT2D eigenvalue weighted by molar-refractivity contribution is -0.114. The topological polar surface area (TPSA) is 75.7 Å². The molecule has 0 bridgehead atoms. The molecule has 6 nitrogen and oxygen atoms in total. The van der Waals surface area contributed by atoms with Gasteiger partial charge in [-0.3, -0.25) is 9.10 Å². The van der Waals surface area contributed by atoms with Crippen LogP contribution in [-0.2, 0) is 14.8 Å². The molecule has 0 spiro atoms. The van der Waals surface area contributed by atoms with Crippen molar-refractivity contribution in [3.8, 4) is 5.75 Å². The molecule has 0 aliphatic heterocycles. The normalized spacial score (nSPS) is 11.1. The minimum Gasteiger partial charge on any atom is -0.494 e. The van der Waals surface area contributed by atoms with Gasteiger partial charge in [0.1, 0.15) is 12.3 Å². The second-order valence-corrected chi connectivity index (χ2v) is 9.98. The van der Waals surface area contributed by atoms with Crippen LogP contribution in [-0.4, -0.2) is 27.5 Å². The number of anilines is 2. The van der Waals surface area contributed by atoms with Crippen LogP contribution in [0.4, 0.5) is 11.4 Å². The number of halogens is 1. The molecule has 32 heavy (non-hydrogen) atoms. The van der Waals surface area contributed by atoms with E-state index in [1.807, 2.05) is 45.0 Å². The van der Waals surface area contributed by atoms with Crippen molar-refractivity contribution in [3.63, 3.8) is 0 Å². The maximum absolute atomic E-state index is 13.5. The van der Waals surface area contributed by atoms with Gasteiger partial charge in [0.25, 0.3) is 10.0 Å². The summed E-state index contributed by atoms with van der Waals surface area (Å²) in [6.07, 6.45) is 0. The first-order valence-electron chi connectivity index (χ1n) is 10.1. The van der Waals surface area contributed by atoms with Crippen molar-refractivity contribution < 1.29 is 17.9 Å². The van der Waals surface area contributed by atoms with E-state index in [-0.39, 0.29) is 11.4 Å². The molecule has 0 saturated heterocycles. The number of nitrogens with one attached hydrogen (secondary N) is 1. The van der Waals surface area contributed by atoms with E-state index in [1.54, 1.807) is 30.3 Å². The Morgan fingerprint density at radius 1 is 1.00 bits per heavy atom. The number of hydrogen-bond donors (Lipinski definition) is 1. The summed E-state index contributed by atoms with van der Waals surface area (Å²) in [7, 11) is -3.99. The highest BCUT2D eigenvalue weighted by Gasteiger charge is 2.27. The number of hydrogen-bond acceptors (Lipinski definition) is 4. The number of carbonyl (C=O) groups is 1. The number of amides is 1. The lowest BCUT2D eigenvalue weighted by Gasteiger charge is -2.24. The van der Waals surface area contributed by atoms with Gasteiger partial charge < -0.3 is 10.1 Å². The molecule has 3 rings (SSSR count). The summed E-state index contributed by atoms with van der Waals surface area (Å²) in [6.45, 7) is 5.80. The Morgan fingerprint density at radius 3 is 2.25 bits per heavy atom. The Balaban J connectivity index is 1.91. The number of carbonyl (C=O) groups excluding carboxylic acids is 1. The molecule has 3 aromatic carbocycles. The number of aryl methyl sites for hydroxylation is 2. The van der Waals surface area contributed by atoms with Crippen molar-refractivity contribution >= 4 is 43.2 Å². The summed E-state index contributed by atoms with van der Waals surface area (Å²) in [6, 6.07) is 18.6. The van der Waals surface area contributed by atoms with Crippen LogP contribution in [0.2, 0.25) is 0 Å². The second-order valence-electron chi connectivity index (χ2n) is 7.26. The molecule has 0 aliphatic carbocycles. The summed E-state index contributed by atoms with van der Waals surface area (Å²) < 4.78 is 34.4. The Morgan fingerprint density at radius 2 is 1.66 bits per heavy atom. The fourth-order valence-electron chi connectivity index (χ4n) is 3.08. The van der Waals surface area contributed by atoms with Crippen molar-refractivity contribution in [2.75, 3.05) is 22.8 Å². The number of rotatable bonds is 8. The minimum atomic E-state index is -3.99. The lowest BCUT2D eigenvalue weighted by Crippen LogP contribution is -2.38. The second kappa shape index (κ2) is 10.2. The summed E-state index contributed by atoms with van der Waals surface area (Å²) in [5.74, 6) is 0.137. The SMILES string of the molecule is CCOc1ccc(S(=O)(=O)N(CC(=O)Nc2ccc(Br)c(C)c2)c2ccc(C)cc2)cc1. The maximum atomic E-state index is 13.5. The first-order valence-corrected chi connectivity index (χ1v) is 12.3. The van der Waals surface area contributed by atoms with Crippen molar-refractivity contribution in [2.24, 2.45) is 0 Å². The van der Waals surface area contributed by atoms with Crippen LogP contribution in [0.1, 0.15) is 18.1 Å². The quantitative estimate of drug-likeness (QED) is 0.440. The van der Waals surface area contributed by atoms with Gasteiger partial charge in [-0.15, -0.1) is 0 Å². The van der Waals surface area contributed by atoms with E-state index in [0.29, 0.717) is 23.7 Å². The highest BCUT2D eigenvalue weighted by atomic mass is 79.9. The summed E-state index contributed by atoms with van der Waals surface area (Å²) in [5.41, 5.74) is 2.95. The van der Waals surface area contributed by atoms with Crippen LogP contribution in [0.25, 0.3) is 0 Å². The van der Waals surface area contributed by atoms with E-state index in [9.17, 15) is 13.2 Å². The van der Waals surface area contributed by atoms with Gasteiger partial charge in [0.15, 0.2) is 0 Å². The van der Waals surface area contributed by atoms with E-state index < -0.39 is 15.9 Å². The molecule has 1 N–H and O–H groups in total. The van der Waals surface area contributed by atoms with Crippen LogP contribution in [0.3, 0.4) is 0 Å². The van der Waals surface area contributed by atoms with Gasteiger partial charge in [0.05, 0.1) is 17.2 Å². The van der Waals surface area contributed by atoms with Gasteiger partial charge in [-0.2, -0.15) is 0 Å². The van der Waals surface area contributed by atoms with Gasteiger partial charge in [-0.1, -0.05) is 33.6 Å². The van der Waals surface area contributed by atoms with Crippen molar-refractivity contribution in [2.45, 2.75) is 25.7 Å². The monoisotopic (exact) mass is 516 g/mol. The molecule has 0 aromatic heterocycles. The molecule has 168 valence electrons. The Labute approximate surface area is 197 Å². The van der Waals surface area contributed by atoms with Gasteiger partial charge >= 0.3 is 0 Å². The van der Waals surface area contributed by atoms with Gasteiger partial charge in [0, 0.05) is 10.2 Å². The zero-order chi connectivity index (χ0) is 23.3. The van der Waals surface area contributed by atoms with Crippen LogP contribution >= 0.6 is 15.9 Å². The highest BCUT2D eigenvalue weighted by molar-refractivity contribution is 9.10. The summed E-state index contributed by atoms with van der Waals surface area (Å²) >= 11 is 3.43. The molecule has 0 heterocycles. The molecule has 8 heteroatoms. The zero-order valence-corrected chi connectivity index (χ0v) is 20.5. The molecule has 0 saturated carbocycles. The highest BCUT2D eigenvalue weighted by Crippen LogP contribution is 2.26. The van der Waals surface area contributed by atoms with Crippen molar-refractivity contribution in [1.82, 2.24) is 0 Å². The predicted molar refractivity (Wildman–Crippen MR) is 131 cm³/mol. The summed E-state index contributed by atoms with van der Waals surface area (Å²) in [4.78, 5) is 12.9. The van der Waals surface area contributed by atoms with Crippen molar-refractivity contribution in [3.05, 3.63) is 82.3 Å². The van der Waals surface area contributed by atoms with Gasteiger partial charge in [-0.25, -0.2) is 8.42 Å². The fourth-order valence-corrected chi connectivity index (χ4v) is 4.75. The molecule has 1 amide bonds. The molecule has 0 unspecified atom stereocenters. The van der Waals surface area contributed by atoms with Gasteiger partial charge in [-0.05, 0) is 80.9 Å². The van der Waals surface area contributed by atoms with Crippen LogP contribution in [0.15, 0.2) is 76.1 Å². The Hall–Kier alpha value is -2.84. The van der Waals surface area contributed by atoms with E-state index in [4.69, 9.17) is 4.74 Å². The van der Waals surface area contributed by atoms with Gasteiger partial charge in [0.2, 0.25) is 5.91 Å². The third kappa shape index (κ3) is 5.69. The largest absolute Gasteiger partial charge is 0.494 e. The number of ether oxygens (including phenoxy) is 1. The average Bonchev–Trinajstić information content (AvgIpc) is 2.76. The van der Waals surface area contributed by atoms with E-state index >= 15 is 0 Å². The van der Waals surface area contributed by atoms with Crippen molar-refractivity contribution in [1.29, 1.82) is 0 Å². The summed E-state index contributed by atoms with van der Waals surface area (Å²) in [5, 5.41) is 2.79. The molecular weight excluding hydrogens is 492 g/mol. The zero-order valence-electron chi connectivity index (χ0n) is 18.1. The lowest BCUT2D eigenvalue weighted by atomic mass is 10.2. The van der Waals surface area contributed by atoms with Crippen LogP contribution < -0.4 is 14.4 Å².